The highest BCUT2D eigenvalue weighted by Crippen LogP contribution is 2.57. The molecule has 10 aromatic rings. The Morgan fingerprint density at radius 1 is 0.361 bits per heavy atom. The standard InChI is InChI=1S/C59H42N2/c1-58(2)55-40-23-11-10-18-37(40)32-33-47(55)46-28-16-27-45(56(46)58)43-34-35-44(42-25-13-12-24-41(42)43)52-36-53(61-57(60-52)38-19-6-4-7-20-38)49-29-17-31-51-54(49)48-26-14-15-30-50(48)59(51,3)39-21-8-5-9-22-39/h4-36H,1-3H3. The molecule has 1 unspecified atom stereocenters. The molecule has 288 valence electrons. The second kappa shape index (κ2) is 13.3. The van der Waals surface area contributed by atoms with Crippen LogP contribution in [0.3, 0.4) is 0 Å². The molecule has 2 aliphatic rings. The van der Waals surface area contributed by atoms with E-state index in [1.54, 1.807) is 0 Å². The first-order valence-corrected chi connectivity index (χ1v) is 21.3. The highest BCUT2D eigenvalue weighted by Gasteiger charge is 2.42. The summed E-state index contributed by atoms with van der Waals surface area (Å²) in [6.07, 6.45) is 0. The molecule has 0 aliphatic heterocycles. The maximum atomic E-state index is 5.40. The maximum absolute atomic E-state index is 5.40. The summed E-state index contributed by atoms with van der Waals surface area (Å²) in [4.78, 5) is 10.8. The van der Waals surface area contributed by atoms with Crippen molar-refractivity contribution in [2.75, 3.05) is 0 Å². The van der Waals surface area contributed by atoms with Crippen LogP contribution in [0.25, 0.3) is 88.8 Å². The normalized spacial score (nSPS) is 15.7. The SMILES string of the molecule is CC1(C)c2c(cccc2-c2ccc(-c3cc(-c4cccc5c4-c4ccccc4C5(C)c4ccccc4)nc(-c4ccccc4)n3)c3ccccc23)-c2ccc3ccccc3c21. The fourth-order valence-corrected chi connectivity index (χ4v) is 11.0. The molecule has 2 heteroatoms. The van der Waals surface area contributed by atoms with Gasteiger partial charge in [0.05, 0.1) is 11.4 Å². The lowest BCUT2D eigenvalue weighted by atomic mass is 9.74. The lowest BCUT2D eigenvalue weighted by Gasteiger charge is -2.28. The fourth-order valence-electron chi connectivity index (χ4n) is 11.0. The van der Waals surface area contributed by atoms with E-state index in [4.69, 9.17) is 9.97 Å². The van der Waals surface area contributed by atoms with Gasteiger partial charge in [-0.25, -0.2) is 9.97 Å². The van der Waals surface area contributed by atoms with Crippen molar-refractivity contribution in [2.45, 2.75) is 31.6 Å². The zero-order chi connectivity index (χ0) is 40.9. The molecule has 12 rings (SSSR count). The summed E-state index contributed by atoms with van der Waals surface area (Å²) in [5, 5.41) is 4.99. The summed E-state index contributed by atoms with van der Waals surface area (Å²) in [5.41, 5.74) is 18.8. The van der Waals surface area contributed by atoms with Gasteiger partial charge in [0.2, 0.25) is 0 Å². The molecule has 1 heterocycles. The van der Waals surface area contributed by atoms with Gasteiger partial charge in [0.1, 0.15) is 0 Å². The quantitative estimate of drug-likeness (QED) is 0.174. The van der Waals surface area contributed by atoms with Crippen LogP contribution in [0, 0.1) is 0 Å². The van der Waals surface area contributed by atoms with Gasteiger partial charge in [0, 0.05) is 27.5 Å². The van der Waals surface area contributed by atoms with Crippen LogP contribution in [0.15, 0.2) is 200 Å². The predicted octanol–water partition coefficient (Wildman–Crippen LogP) is 15.1. The minimum absolute atomic E-state index is 0.195. The lowest BCUT2D eigenvalue weighted by Crippen LogP contribution is -2.22. The van der Waals surface area contributed by atoms with E-state index in [0.717, 1.165) is 28.1 Å². The number of benzene rings is 9. The predicted molar refractivity (Wildman–Crippen MR) is 254 cm³/mol. The summed E-state index contributed by atoms with van der Waals surface area (Å²) in [7, 11) is 0. The average molecular weight is 779 g/mol. The van der Waals surface area contributed by atoms with E-state index < -0.39 is 0 Å². The van der Waals surface area contributed by atoms with Crippen molar-refractivity contribution in [1.29, 1.82) is 0 Å². The first-order valence-electron chi connectivity index (χ1n) is 21.3. The third-order valence-electron chi connectivity index (χ3n) is 13.7. The average Bonchev–Trinajstić information content (AvgIpc) is 3.73. The zero-order valence-electron chi connectivity index (χ0n) is 34.4. The summed E-state index contributed by atoms with van der Waals surface area (Å²) in [6, 6.07) is 73.0. The van der Waals surface area contributed by atoms with Crippen LogP contribution in [-0.2, 0) is 10.8 Å². The molecule has 2 aliphatic carbocycles. The van der Waals surface area contributed by atoms with E-state index in [2.05, 4.69) is 221 Å². The smallest absolute Gasteiger partial charge is 0.160 e. The Labute approximate surface area is 356 Å². The van der Waals surface area contributed by atoms with Crippen LogP contribution in [0.1, 0.15) is 48.6 Å². The Bertz CT molecular complexity index is 3400. The Kier molecular flexibility index (Phi) is 7.74. The number of nitrogens with zero attached hydrogens (tertiary/aromatic N) is 2. The van der Waals surface area contributed by atoms with Crippen molar-refractivity contribution >= 4 is 21.5 Å². The topological polar surface area (TPSA) is 25.8 Å². The Balaban J connectivity index is 1.06. The molecule has 0 saturated heterocycles. The van der Waals surface area contributed by atoms with Crippen molar-refractivity contribution < 1.29 is 0 Å². The van der Waals surface area contributed by atoms with Crippen LogP contribution in [0.5, 0.6) is 0 Å². The molecule has 0 N–H and O–H groups in total. The van der Waals surface area contributed by atoms with Crippen molar-refractivity contribution in [1.82, 2.24) is 9.97 Å². The van der Waals surface area contributed by atoms with Crippen LogP contribution in [-0.4, -0.2) is 9.97 Å². The number of aromatic nitrogens is 2. The zero-order valence-corrected chi connectivity index (χ0v) is 34.4. The molecule has 1 atom stereocenters. The molecule has 0 fully saturated rings. The summed E-state index contributed by atoms with van der Waals surface area (Å²) in [6.45, 7) is 7.17. The van der Waals surface area contributed by atoms with Gasteiger partial charge in [-0.05, 0) is 95.7 Å². The fraction of sp³-hybridized carbons (Fsp3) is 0.0847. The molecular formula is C59H42N2. The highest BCUT2D eigenvalue weighted by atomic mass is 14.9. The monoisotopic (exact) mass is 778 g/mol. The van der Waals surface area contributed by atoms with E-state index in [1.165, 1.54) is 82.7 Å². The number of hydrogen-bond acceptors (Lipinski definition) is 2. The van der Waals surface area contributed by atoms with Gasteiger partial charge in [0.15, 0.2) is 5.82 Å². The molecule has 0 spiro atoms. The summed E-state index contributed by atoms with van der Waals surface area (Å²) < 4.78 is 0. The molecule has 61 heavy (non-hydrogen) atoms. The van der Waals surface area contributed by atoms with E-state index in [9.17, 15) is 0 Å². The molecule has 1 aromatic heterocycles. The van der Waals surface area contributed by atoms with Gasteiger partial charge in [-0.3, -0.25) is 0 Å². The number of hydrogen-bond donors (Lipinski definition) is 0. The Morgan fingerprint density at radius 3 is 1.67 bits per heavy atom. The van der Waals surface area contributed by atoms with Crippen LogP contribution in [0.4, 0.5) is 0 Å². The lowest BCUT2D eigenvalue weighted by molar-refractivity contribution is 0.668. The van der Waals surface area contributed by atoms with Gasteiger partial charge in [-0.15, -0.1) is 0 Å². The third kappa shape index (κ3) is 5.15. The first-order chi connectivity index (χ1) is 29.9. The number of rotatable bonds is 5. The minimum atomic E-state index is -0.312. The second-order valence-electron chi connectivity index (χ2n) is 17.4. The third-order valence-corrected chi connectivity index (χ3v) is 13.7. The summed E-state index contributed by atoms with van der Waals surface area (Å²) >= 11 is 0. The minimum Gasteiger partial charge on any atom is -0.228 e. The van der Waals surface area contributed by atoms with E-state index in [-0.39, 0.29) is 10.8 Å². The van der Waals surface area contributed by atoms with E-state index in [0.29, 0.717) is 5.82 Å². The Hall–Kier alpha value is -7.42. The maximum Gasteiger partial charge on any atom is 0.160 e. The van der Waals surface area contributed by atoms with Crippen LogP contribution < -0.4 is 0 Å². The van der Waals surface area contributed by atoms with E-state index >= 15 is 0 Å². The molecule has 9 aromatic carbocycles. The molecule has 0 bridgehead atoms. The van der Waals surface area contributed by atoms with E-state index in [1.807, 2.05) is 0 Å². The van der Waals surface area contributed by atoms with Gasteiger partial charge >= 0.3 is 0 Å². The van der Waals surface area contributed by atoms with Crippen LogP contribution in [0.2, 0.25) is 0 Å². The van der Waals surface area contributed by atoms with Gasteiger partial charge < -0.3 is 0 Å². The van der Waals surface area contributed by atoms with Gasteiger partial charge in [-0.2, -0.15) is 0 Å². The number of fused-ring (bicyclic) bond motifs is 9. The largest absolute Gasteiger partial charge is 0.228 e. The Morgan fingerprint density at radius 2 is 0.885 bits per heavy atom. The van der Waals surface area contributed by atoms with Crippen LogP contribution >= 0.6 is 0 Å². The van der Waals surface area contributed by atoms with Crippen molar-refractivity contribution in [3.8, 4) is 67.3 Å². The molecule has 2 nitrogen and oxygen atoms in total. The van der Waals surface area contributed by atoms with Crippen molar-refractivity contribution in [3.05, 3.63) is 228 Å². The molecular weight excluding hydrogens is 737 g/mol. The van der Waals surface area contributed by atoms with Gasteiger partial charge in [-0.1, -0.05) is 208 Å². The molecule has 0 amide bonds. The molecule has 0 saturated carbocycles. The second-order valence-corrected chi connectivity index (χ2v) is 17.4. The van der Waals surface area contributed by atoms with Crippen molar-refractivity contribution in [3.63, 3.8) is 0 Å². The summed E-state index contributed by atoms with van der Waals surface area (Å²) in [5.74, 6) is 0.712. The van der Waals surface area contributed by atoms with Crippen molar-refractivity contribution in [2.24, 2.45) is 0 Å². The highest BCUT2D eigenvalue weighted by molar-refractivity contribution is 6.08. The first kappa shape index (κ1) is 35.5. The van der Waals surface area contributed by atoms with Gasteiger partial charge in [0.25, 0.3) is 0 Å². The molecule has 0 radical (unpaired) electrons.